The van der Waals surface area contributed by atoms with Gasteiger partial charge in [0, 0.05) is 36.8 Å². The molecule has 0 spiro atoms. The van der Waals surface area contributed by atoms with Crippen LogP contribution in [0.4, 0.5) is 5.69 Å². The third-order valence-electron chi connectivity index (χ3n) is 6.23. The Bertz CT molecular complexity index is 891. The lowest BCUT2D eigenvalue weighted by molar-refractivity contribution is -0.137. The summed E-state index contributed by atoms with van der Waals surface area (Å²) >= 11 is 6.22. The Labute approximate surface area is 177 Å². The molecule has 0 aliphatic carbocycles. The molecular weight excluding hydrogens is 384 g/mol. The Morgan fingerprint density at radius 3 is 2.52 bits per heavy atom. The summed E-state index contributed by atoms with van der Waals surface area (Å²) in [6, 6.07) is 16.2. The largest absolute Gasteiger partial charge is 0.342 e. The molecule has 0 unspecified atom stereocenters. The van der Waals surface area contributed by atoms with Gasteiger partial charge in [0.25, 0.3) is 0 Å². The van der Waals surface area contributed by atoms with E-state index in [1.807, 2.05) is 36.1 Å². The van der Waals surface area contributed by atoms with Gasteiger partial charge in [-0.3, -0.25) is 9.59 Å². The van der Waals surface area contributed by atoms with Crippen LogP contribution in [0.25, 0.3) is 0 Å². The molecule has 0 bridgehead atoms. The molecule has 152 valence electrons. The van der Waals surface area contributed by atoms with Gasteiger partial charge in [0.15, 0.2) is 0 Å². The number of carbonyl (C=O) groups excluding carboxylic acids is 2. The van der Waals surface area contributed by atoms with Gasteiger partial charge in [-0.05, 0) is 55.4 Å². The summed E-state index contributed by atoms with van der Waals surface area (Å²) in [6.45, 7) is 3.96. The van der Waals surface area contributed by atoms with E-state index in [0.717, 1.165) is 43.6 Å². The number of benzene rings is 2. The molecule has 0 aromatic heterocycles. The van der Waals surface area contributed by atoms with Gasteiger partial charge in [-0.1, -0.05) is 48.0 Å². The molecule has 0 N–H and O–H groups in total. The topological polar surface area (TPSA) is 40.6 Å². The maximum atomic E-state index is 13.0. The van der Waals surface area contributed by atoms with E-state index in [4.69, 9.17) is 11.6 Å². The van der Waals surface area contributed by atoms with Crippen LogP contribution >= 0.6 is 11.6 Å². The fourth-order valence-electron chi connectivity index (χ4n) is 4.44. The highest BCUT2D eigenvalue weighted by atomic mass is 35.5. The van der Waals surface area contributed by atoms with E-state index >= 15 is 0 Å². The molecule has 2 heterocycles. The van der Waals surface area contributed by atoms with Gasteiger partial charge in [-0.2, -0.15) is 0 Å². The van der Waals surface area contributed by atoms with E-state index in [0.29, 0.717) is 17.5 Å². The molecule has 29 heavy (non-hydrogen) atoms. The van der Waals surface area contributed by atoms with Crippen molar-refractivity contribution in [3.8, 4) is 0 Å². The molecule has 2 amide bonds. The molecule has 2 aliphatic heterocycles. The van der Waals surface area contributed by atoms with E-state index in [-0.39, 0.29) is 24.2 Å². The Hall–Kier alpha value is -2.33. The van der Waals surface area contributed by atoms with Crippen molar-refractivity contribution in [1.82, 2.24) is 4.90 Å². The zero-order valence-corrected chi connectivity index (χ0v) is 17.6. The first-order valence-corrected chi connectivity index (χ1v) is 10.8. The predicted octanol–water partition coefficient (Wildman–Crippen LogP) is 4.48. The standard InChI is InChI=1S/C24H27ClN2O2/c1-17-7-8-21(15-22(17)25)27-16-20(14-23(27)28)24(29)26-11-9-19(10-12-26)13-18-5-3-2-4-6-18/h2-8,15,19-20H,9-14,16H2,1H3/t20-/m0/s1. The SMILES string of the molecule is Cc1ccc(N2C[C@@H](C(=O)N3CCC(Cc4ccccc4)CC3)CC2=O)cc1Cl. The summed E-state index contributed by atoms with van der Waals surface area (Å²) in [5.41, 5.74) is 3.13. The first-order chi connectivity index (χ1) is 14.0. The number of hydrogen-bond acceptors (Lipinski definition) is 2. The second kappa shape index (κ2) is 8.58. The number of nitrogens with zero attached hydrogens (tertiary/aromatic N) is 2. The molecule has 2 aromatic rings. The maximum absolute atomic E-state index is 13.0. The quantitative estimate of drug-likeness (QED) is 0.745. The third kappa shape index (κ3) is 4.48. The zero-order valence-electron chi connectivity index (χ0n) is 16.8. The van der Waals surface area contributed by atoms with Crippen LogP contribution < -0.4 is 4.90 Å². The average molecular weight is 411 g/mol. The normalized spacial score (nSPS) is 20.3. The average Bonchev–Trinajstić information content (AvgIpc) is 3.12. The van der Waals surface area contributed by atoms with E-state index in [2.05, 4.69) is 24.3 Å². The summed E-state index contributed by atoms with van der Waals surface area (Å²) < 4.78 is 0. The second-order valence-electron chi connectivity index (χ2n) is 8.30. The fourth-order valence-corrected chi connectivity index (χ4v) is 4.61. The predicted molar refractivity (Wildman–Crippen MR) is 116 cm³/mol. The lowest BCUT2D eigenvalue weighted by Crippen LogP contribution is -2.42. The van der Waals surface area contributed by atoms with Gasteiger partial charge >= 0.3 is 0 Å². The van der Waals surface area contributed by atoms with Crippen molar-refractivity contribution in [3.63, 3.8) is 0 Å². The van der Waals surface area contributed by atoms with E-state index in [9.17, 15) is 9.59 Å². The Morgan fingerprint density at radius 1 is 1.10 bits per heavy atom. The smallest absolute Gasteiger partial charge is 0.228 e. The van der Waals surface area contributed by atoms with Crippen molar-refractivity contribution in [2.45, 2.75) is 32.6 Å². The Balaban J connectivity index is 1.33. The summed E-state index contributed by atoms with van der Waals surface area (Å²) in [4.78, 5) is 29.2. The van der Waals surface area contributed by atoms with E-state index in [1.165, 1.54) is 5.56 Å². The Kier molecular flexibility index (Phi) is 5.91. The number of halogens is 1. The monoisotopic (exact) mass is 410 g/mol. The first-order valence-electron chi connectivity index (χ1n) is 10.4. The van der Waals surface area contributed by atoms with Gasteiger partial charge in [0.1, 0.15) is 0 Å². The summed E-state index contributed by atoms with van der Waals surface area (Å²) in [6.07, 6.45) is 3.41. The van der Waals surface area contributed by atoms with Crippen LogP contribution in [-0.4, -0.2) is 36.3 Å². The van der Waals surface area contributed by atoms with Gasteiger partial charge in [0.05, 0.1) is 5.92 Å². The van der Waals surface area contributed by atoms with Crippen molar-refractivity contribution in [1.29, 1.82) is 0 Å². The molecule has 5 heteroatoms. The lowest BCUT2D eigenvalue weighted by atomic mass is 9.89. The summed E-state index contributed by atoms with van der Waals surface area (Å²) in [5, 5.41) is 0.644. The Morgan fingerprint density at radius 2 is 1.83 bits per heavy atom. The highest BCUT2D eigenvalue weighted by molar-refractivity contribution is 6.31. The van der Waals surface area contributed by atoms with Gasteiger partial charge in [0.2, 0.25) is 11.8 Å². The van der Waals surface area contributed by atoms with E-state index < -0.39 is 0 Å². The highest BCUT2D eigenvalue weighted by Gasteiger charge is 2.38. The van der Waals surface area contributed by atoms with E-state index in [1.54, 1.807) is 4.90 Å². The van der Waals surface area contributed by atoms with Crippen LogP contribution in [0, 0.1) is 18.8 Å². The maximum Gasteiger partial charge on any atom is 0.228 e. The minimum absolute atomic E-state index is 0.00207. The fraction of sp³-hybridized carbons (Fsp3) is 0.417. The number of carbonyl (C=O) groups is 2. The number of hydrogen-bond donors (Lipinski definition) is 0. The lowest BCUT2D eigenvalue weighted by Gasteiger charge is -2.33. The number of likely N-dealkylation sites (tertiary alicyclic amines) is 1. The summed E-state index contributed by atoms with van der Waals surface area (Å²) in [7, 11) is 0. The second-order valence-corrected chi connectivity index (χ2v) is 8.70. The van der Waals surface area contributed by atoms with Gasteiger partial charge in [-0.25, -0.2) is 0 Å². The molecule has 4 rings (SSSR count). The minimum Gasteiger partial charge on any atom is -0.342 e. The van der Waals surface area contributed by atoms with Crippen molar-refractivity contribution < 1.29 is 9.59 Å². The highest BCUT2D eigenvalue weighted by Crippen LogP contribution is 2.31. The van der Waals surface area contributed by atoms with Crippen LogP contribution in [0.2, 0.25) is 5.02 Å². The molecule has 2 saturated heterocycles. The molecule has 1 atom stereocenters. The molecule has 2 fully saturated rings. The number of amides is 2. The van der Waals surface area contributed by atoms with Crippen LogP contribution in [0.3, 0.4) is 0 Å². The molecular formula is C24H27ClN2O2. The number of piperidine rings is 1. The molecule has 0 radical (unpaired) electrons. The van der Waals surface area contributed by atoms with Crippen molar-refractivity contribution in [2.75, 3.05) is 24.5 Å². The molecule has 0 saturated carbocycles. The van der Waals surface area contributed by atoms with Crippen molar-refractivity contribution in [3.05, 3.63) is 64.7 Å². The molecule has 2 aliphatic rings. The van der Waals surface area contributed by atoms with Crippen molar-refractivity contribution in [2.24, 2.45) is 11.8 Å². The molecule has 2 aromatic carbocycles. The van der Waals surface area contributed by atoms with Crippen LogP contribution in [0.5, 0.6) is 0 Å². The van der Waals surface area contributed by atoms with Gasteiger partial charge < -0.3 is 9.80 Å². The molecule has 4 nitrogen and oxygen atoms in total. The van der Waals surface area contributed by atoms with Crippen LogP contribution in [-0.2, 0) is 16.0 Å². The summed E-state index contributed by atoms with van der Waals surface area (Å²) in [5.74, 6) is 0.491. The number of aryl methyl sites for hydroxylation is 1. The third-order valence-corrected chi connectivity index (χ3v) is 6.64. The van der Waals surface area contributed by atoms with Gasteiger partial charge in [-0.15, -0.1) is 0 Å². The minimum atomic E-state index is -0.256. The number of anilines is 1. The first kappa shape index (κ1) is 20.0. The number of rotatable bonds is 4. The van der Waals surface area contributed by atoms with Crippen LogP contribution in [0.15, 0.2) is 48.5 Å². The van der Waals surface area contributed by atoms with Crippen LogP contribution in [0.1, 0.15) is 30.4 Å². The van der Waals surface area contributed by atoms with Crippen molar-refractivity contribution >= 4 is 29.1 Å². The zero-order chi connectivity index (χ0) is 20.4.